The number of halogens is 1. The van der Waals surface area contributed by atoms with E-state index in [2.05, 4.69) is 0 Å². The van der Waals surface area contributed by atoms with E-state index in [1.807, 2.05) is 24.3 Å². The minimum Gasteiger partial charge on any atom is -0.385 e. The van der Waals surface area contributed by atoms with E-state index in [0.29, 0.717) is 11.4 Å². The summed E-state index contributed by atoms with van der Waals surface area (Å²) in [5, 5.41) is 11.3. The Bertz CT molecular complexity index is 349. The highest BCUT2D eigenvalue weighted by molar-refractivity contribution is 6.30. The van der Waals surface area contributed by atoms with E-state index in [-0.39, 0.29) is 6.10 Å². The number of methoxy groups -OCH3 is 1. The molecule has 88 valence electrons. The molecule has 16 heavy (non-hydrogen) atoms. The molecule has 0 amide bonds. The van der Waals surface area contributed by atoms with E-state index in [1.54, 1.807) is 7.11 Å². The van der Waals surface area contributed by atoms with E-state index >= 15 is 0 Å². The highest BCUT2D eigenvalue weighted by Gasteiger charge is 2.35. The summed E-state index contributed by atoms with van der Waals surface area (Å²) in [5.74, 6) is 0. The van der Waals surface area contributed by atoms with E-state index in [4.69, 9.17) is 16.3 Å². The van der Waals surface area contributed by atoms with Crippen molar-refractivity contribution in [3.8, 4) is 0 Å². The van der Waals surface area contributed by atoms with Gasteiger partial charge in [-0.3, -0.25) is 0 Å². The number of ether oxygens (including phenoxy) is 1. The lowest BCUT2D eigenvalue weighted by atomic mass is 9.78. The molecule has 1 fully saturated rings. The molecule has 1 aliphatic rings. The van der Waals surface area contributed by atoms with Gasteiger partial charge in [-0.15, -0.1) is 0 Å². The first-order chi connectivity index (χ1) is 7.64. The first-order valence-corrected chi connectivity index (χ1v) is 6.03. The Balaban J connectivity index is 2.20. The molecule has 1 aliphatic carbocycles. The van der Waals surface area contributed by atoms with Crippen molar-refractivity contribution in [3.05, 3.63) is 34.9 Å². The summed E-state index contributed by atoms with van der Waals surface area (Å²) >= 11 is 5.85. The molecular weight excluding hydrogens is 224 g/mol. The van der Waals surface area contributed by atoms with E-state index in [1.165, 1.54) is 0 Å². The summed E-state index contributed by atoms with van der Waals surface area (Å²) < 4.78 is 5.35. The second-order valence-corrected chi connectivity index (χ2v) is 4.93. The zero-order chi connectivity index (χ0) is 11.6. The normalized spacial score (nSPS) is 30.3. The molecule has 2 rings (SSSR count). The van der Waals surface area contributed by atoms with E-state index in [0.717, 1.165) is 24.8 Å². The average Bonchev–Trinajstić information content (AvgIpc) is 2.29. The van der Waals surface area contributed by atoms with Crippen LogP contribution in [0.5, 0.6) is 0 Å². The van der Waals surface area contributed by atoms with Gasteiger partial charge in [-0.2, -0.15) is 0 Å². The zero-order valence-corrected chi connectivity index (χ0v) is 10.2. The highest BCUT2D eigenvalue weighted by Crippen LogP contribution is 2.38. The molecular formula is C13H17ClO2. The maximum absolute atomic E-state index is 10.6. The van der Waals surface area contributed by atoms with Gasteiger partial charge < -0.3 is 9.84 Å². The summed E-state index contributed by atoms with van der Waals surface area (Å²) in [6, 6.07) is 7.46. The van der Waals surface area contributed by atoms with Crippen LogP contribution in [0.15, 0.2) is 24.3 Å². The number of hydrogen-bond donors (Lipinski definition) is 1. The van der Waals surface area contributed by atoms with Crippen molar-refractivity contribution < 1.29 is 9.84 Å². The molecule has 0 radical (unpaired) electrons. The van der Waals surface area contributed by atoms with Crippen molar-refractivity contribution in [2.75, 3.05) is 7.11 Å². The van der Waals surface area contributed by atoms with Crippen LogP contribution in [0, 0.1) is 0 Å². The van der Waals surface area contributed by atoms with Crippen molar-refractivity contribution >= 4 is 11.6 Å². The molecule has 0 heterocycles. The third-order valence-corrected chi connectivity index (χ3v) is 3.65. The summed E-state index contributed by atoms with van der Waals surface area (Å²) in [6.45, 7) is 0. The molecule has 2 unspecified atom stereocenters. The Labute approximate surface area is 101 Å². The van der Waals surface area contributed by atoms with Gasteiger partial charge in [-0.1, -0.05) is 23.7 Å². The second-order valence-electron chi connectivity index (χ2n) is 4.49. The molecule has 0 saturated heterocycles. The first kappa shape index (κ1) is 11.9. The van der Waals surface area contributed by atoms with Gasteiger partial charge in [0.15, 0.2) is 0 Å². The molecule has 1 aromatic rings. The number of benzene rings is 1. The zero-order valence-electron chi connectivity index (χ0n) is 9.45. The number of hydrogen-bond acceptors (Lipinski definition) is 2. The molecule has 0 spiro atoms. The van der Waals surface area contributed by atoms with Crippen molar-refractivity contribution in [1.29, 1.82) is 0 Å². The summed E-state index contributed by atoms with van der Waals surface area (Å²) in [7, 11) is 1.71. The molecule has 1 N–H and O–H groups in total. The number of rotatable bonds is 2. The predicted molar refractivity (Wildman–Crippen MR) is 64.6 cm³/mol. The van der Waals surface area contributed by atoms with Crippen LogP contribution in [0.3, 0.4) is 0 Å². The van der Waals surface area contributed by atoms with Crippen LogP contribution in [-0.2, 0) is 10.3 Å². The van der Waals surface area contributed by atoms with Gasteiger partial charge in [-0.25, -0.2) is 0 Å². The summed E-state index contributed by atoms with van der Waals surface area (Å²) in [4.78, 5) is 0. The van der Waals surface area contributed by atoms with Crippen molar-refractivity contribution in [2.45, 2.75) is 37.4 Å². The lowest BCUT2D eigenvalue weighted by molar-refractivity contribution is -0.0631. The largest absolute Gasteiger partial charge is 0.385 e. The van der Waals surface area contributed by atoms with Crippen LogP contribution in [0.2, 0.25) is 5.02 Å². The molecule has 2 nitrogen and oxygen atoms in total. The Morgan fingerprint density at radius 3 is 2.69 bits per heavy atom. The van der Waals surface area contributed by atoms with Crippen molar-refractivity contribution in [3.63, 3.8) is 0 Å². The molecule has 0 aliphatic heterocycles. The number of aliphatic hydroxyl groups is 1. The van der Waals surface area contributed by atoms with E-state index < -0.39 is 5.60 Å². The minimum atomic E-state index is -0.747. The third-order valence-electron chi connectivity index (χ3n) is 3.40. The van der Waals surface area contributed by atoms with Gasteiger partial charge in [0.1, 0.15) is 0 Å². The molecule has 1 aromatic carbocycles. The minimum absolute atomic E-state index is 0.162. The molecule has 0 bridgehead atoms. The van der Waals surface area contributed by atoms with Gasteiger partial charge >= 0.3 is 0 Å². The van der Waals surface area contributed by atoms with Crippen LogP contribution in [-0.4, -0.2) is 18.3 Å². The van der Waals surface area contributed by atoms with Gasteiger partial charge in [0.2, 0.25) is 0 Å². The maximum Gasteiger partial charge on any atom is 0.0921 e. The Morgan fingerprint density at radius 2 is 2.06 bits per heavy atom. The fourth-order valence-electron chi connectivity index (χ4n) is 2.43. The van der Waals surface area contributed by atoms with Crippen LogP contribution in [0.4, 0.5) is 0 Å². The molecule has 3 heteroatoms. The topological polar surface area (TPSA) is 29.5 Å². The monoisotopic (exact) mass is 240 g/mol. The molecule has 1 saturated carbocycles. The highest BCUT2D eigenvalue weighted by atomic mass is 35.5. The van der Waals surface area contributed by atoms with Gasteiger partial charge in [0.05, 0.1) is 11.7 Å². The SMILES string of the molecule is COC1CCCC(O)(c2ccc(Cl)cc2)C1. The second kappa shape index (κ2) is 4.74. The molecule has 0 aromatic heterocycles. The fourth-order valence-corrected chi connectivity index (χ4v) is 2.55. The van der Waals surface area contributed by atoms with E-state index in [9.17, 15) is 5.11 Å². The van der Waals surface area contributed by atoms with Crippen molar-refractivity contribution in [1.82, 2.24) is 0 Å². The summed E-state index contributed by atoms with van der Waals surface area (Å²) in [6.07, 6.45) is 3.67. The summed E-state index contributed by atoms with van der Waals surface area (Å²) in [5.41, 5.74) is 0.197. The van der Waals surface area contributed by atoms with Gasteiger partial charge in [-0.05, 0) is 37.0 Å². The Morgan fingerprint density at radius 1 is 1.38 bits per heavy atom. The van der Waals surface area contributed by atoms with Crippen LogP contribution in [0.25, 0.3) is 0 Å². The average molecular weight is 241 g/mol. The first-order valence-electron chi connectivity index (χ1n) is 5.65. The maximum atomic E-state index is 10.6. The Hall–Kier alpha value is -0.570. The van der Waals surface area contributed by atoms with Crippen LogP contribution >= 0.6 is 11.6 Å². The van der Waals surface area contributed by atoms with Crippen LogP contribution < -0.4 is 0 Å². The van der Waals surface area contributed by atoms with Gasteiger partial charge in [0, 0.05) is 18.6 Å². The third kappa shape index (κ3) is 2.40. The lowest BCUT2D eigenvalue weighted by Crippen LogP contribution is -2.35. The Kier molecular flexibility index (Phi) is 3.53. The van der Waals surface area contributed by atoms with Crippen LogP contribution in [0.1, 0.15) is 31.2 Å². The lowest BCUT2D eigenvalue weighted by Gasteiger charge is -2.36. The van der Waals surface area contributed by atoms with Crippen molar-refractivity contribution in [2.24, 2.45) is 0 Å². The molecule has 2 atom stereocenters. The fraction of sp³-hybridized carbons (Fsp3) is 0.538. The predicted octanol–water partition coefficient (Wildman–Crippen LogP) is 3.12. The quantitative estimate of drug-likeness (QED) is 0.861. The smallest absolute Gasteiger partial charge is 0.0921 e. The van der Waals surface area contributed by atoms with Gasteiger partial charge in [0.25, 0.3) is 0 Å². The standard InChI is InChI=1S/C13H17ClO2/c1-16-12-3-2-8-13(15,9-12)10-4-6-11(14)7-5-10/h4-7,12,15H,2-3,8-9H2,1H3.